The van der Waals surface area contributed by atoms with Crippen molar-refractivity contribution in [2.24, 2.45) is 5.92 Å². The zero-order valence-electron chi connectivity index (χ0n) is 17.3. The van der Waals surface area contributed by atoms with Gasteiger partial charge < -0.3 is 24.6 Å². The summed E-state index contributed by atoms with van der Waals surface area (Å²) in [7, 11) is 0. The maximum Gasteiger partial charge on any atom is 0.255 e. The van der Waals surface area contributed by atoms with Crippen LogP contribution in [0.3, 0.4) is 0 Å². The van der Waals surface area contributed by atoms with Crippen LogP contribution in [0.4, 0.5) is 11.5 Å². The van der Waals surface area contributed by atoms with Gasteiger partial charge in [0, 0.05) is 38.2 Å². The molecule has 3 heterocycles. The number of carbonyl (C=O) groups is 2. The van der Waals surface area contributed by atoms with E-state index in [1.807, 2.05) is 17.0 Å². The number of benzene rings is 1. The van der Waals surface area contributed by atoms with Gasteiger partial charge in [0.05, 0.1) is 11.9 Å². The minimum absolute atomic E-state index is 0.173. The normalized spacial score (nSPS) is 15.4. The summed E-state index contributed by atoms with van der Waals surface area (Å²) in [6.07, 6.45) is 2.24. The molecule has 2 aliphatic rings. The third-order valence-corrected chi connectivity index (χ3v) is 5.18. The molecule has 0 saturated carbocycles. The average Bonchev–Trinajstić information content (AvgIpc) is 3.22. The molecule has 8 nitrogen and oxygen atoms in total. The molecule has 0 spiro atoms. The molecule has 2 aliphatic heterocycles. The summed E-state index contributed by atoms with van der Waals surface area (Å²) in [4.78, 5) is 33.3. The lowest BCUT2D eigenvalue weighted by Gasteiger charge is -2.35. The van der Waals surface area contributed by atoms with Crippen molar-refractivity contribution in [2.45, 2.75) is 20.3 Å². The van der Waals surface area contributed by atoms with Gasteiger partial charge in [-0.1, -0.05) is 13.8 Å². The standard InChI is InChI=1S/C22H26N4O4/c1-15(2)11-21(27)26-9-7-25(8-10-26)20-6-4-17(13-23-20)24-22(28)16-3-5-18-19(12-16)30-14-29-18/h3-6,12-13,15H,7-11,14H2,1-2H3,(H,24,28). The average molecular weight is 410 g/mol. The van der Waals surface area contributed by atoms with Gasteiger partial charge in [-0.2, -0.15) is 0 Å². The Balaban J connectivity index is 1.32. The number of hydrogen-bond donors (Lipinski definition) is 1. The van der Waals surface area contributed by atoms with E-state index in [0.717, 1.165) is 18.9 Å². The third-order valence-electron chi connectivity index (χ3n) is 5.18. The van der Waals surface area contributed by atoms with E-state index in [2.05, 4.69) is 29.0 Å². The lowest BCUT2D eigenvalue weighted by molar-refractivity contribution is -0.132. The number of rotatable bonds is 5. The highest BCUT2D eigenvalue weighted by atomic mass is 16.7. The number of ether oxygens (including phenoxy) is 2. The van der Waals surface area contributed by atoms with Gasteiger partial charge in [-0.25, -0.2) is 4.98 Å². The molecule has 0 bridgehead atoms. The molecular weight excluding hydrogens is 384 g/mol. The number of nitrogens with one attached hydrogen (secondary N) is 1. The fourth-order valence-electron chi connectivity index (χ4n) is 3.55. The Morgan fingerprint density at radius 2 is 1.83 bits per heavy atom. The van der Waals surface area contributed by atoms with E-state index in [0.29, 0.717) is 48.2 Å². The number of carbonyl (C=O) groups excluding carboxylic acids is 2. The molecule has 1 N–H and O–H groups in total. The number of hydrogen-bond acceptors (Lipinski definition) is 6. The summed E-state index contributed by atoms with van der Waals surface area (Å²) < 4.78 is 10.6. The third kappa shape index (κ3) is 4.48. The van der Waals surface area contributed by atoms with Gasteiger partial charge in [0.15, 0.2) is 11.5 Å². The van der Waals surface area contributed by atoms with Crippen molar-refractivity contribution in [1.29, 1.82) is 0 Å². The first-order chi connectivity index (χ1) is 14.5. The molecule has 0 radical (unpaired) electrons. The minimum atomic E-state index is -0.236. The van der Waals surface area contributed by atoms with E-state index in [4.69, 9.17) is 9.47 Å². The van der Waals surface area contributed by atoms with Crippen LogP contribution in [0.5, 0.6) is 11.5 Å². The predicted octanol–water partition coefficient (Wildman–Crippen LogP) is 2.76. The molecule has 2 amide bonds. The van der Waals surface area contributed by atoms with Gasteiger partial charge in [0.2, 0.25) is 12.7 Å². The highest BCUT2D eigenvalue weighted by Gasteiger charge is 2.22. The monoisotopic (exact) mass is 410 g/mol. The van der Waals surface area contributed by atoms with Crippen LogP contribution >= 0.6 is 0 Å². The van der Waals surface area contributed by atoms with Crippen LogP contribution in [0.1, 0.15) is 30.6 Å². The lowest BCUT2D eigenvalue weighted by Crippen LogP contribution is -2.49. The number of anilines is 2. The van der Waals surface area contributed by atoms with Crippen molar-refractivity contribution in [3.63, 3.8) is 0 Å². The molecule has 4 rings (SSSR count). The number of aromatic nitrogens is 1. The Bertz CT molecular complexity index is 921. The molecule has 0 unspecified atom stereocenters. The first-order valence-electron chi connectivity index (χ1n) is 10.2. The highest BCUT2D eigenvalue weighted by Crippen LogP contribution is 2.32. The molecule has 158 valence electrons. The summed E-state index contributed by atoms with van der Waals surface area (Å²) in [5, 5.41) is 2.85. The van der Waals surface area contributed by atoms with Gasteiger partial charge in [-0.3, -0.25) is 9.59 Å². The topological polar surface area (TPSA) is 84.0 Å². The van der Waals surface area contributed by atoms with Gasteiger partial charge in [0.25, 0.3) is 5.91 Å². The maximum absolute atomic E-state index is 12.5. The summed E-state index contributed by atoms with van der Waals surface area (Å²) in [5.74, 6) is 2.41. The van der Waals surface area contributed by atoms with Gasteiger partial charge in [0.1, 0.15) is 5.82 Å². The van der Waals surface area contributed by atoms with Crippen LogP contribution in [0.15, 0.2) is 36.5 Å². The zero-order valence-corrected chi connectivity index (χ0v) is 17.3. The van der Waals surface area contributed by atoms with Crippen molar-refractivity contribution in [3.05, 3.63) is 42.1 Å². The molecule has 0 aliphatic carbocycles. The maximum atomic E-state index is 12.5. The molecule has 1 saturated heterocycles. The molecule has 0 atom stereocenters. The van der Waals surface area contributed by atoms with E-state index >= 15 is 0 Å². The number of amides is 2. The predicted molar refractivity (Wildman–Crippen MR) is 113 cm³/mol. The van der Waals surface area contributed by atoms with Gasteiger partial charge >= 0.3 is 0 Å². The second-order valence-electron chi connectivity index (χ2n) is 7.89. The van der Waals surface area contributed by atoms with Crippen LogP contribution in [-0.4, -0.2) is 54.7 Å². The SMILES string of the molecule is CC(C)CC(=O)N1CCN(c2ccc(NC(=O)c3ccc4c(c3)OCO4)cn2)CC1. The van der Waals surface area contributed by atoms with Gasteiger partial charge in [-0.05, 0) is 36.2 Å². The molecule has 2 aromatic rings. The molecule has 1 aromatic heterocycles. The van der Waals surface area contributed by atoms with Crippen LogP contribution in [0.2, 0.25) is 0 Å². The summed E-state index contributed by atoms with van der Waals surface area (Å²) >= 11 is 0. The summed E-state index contributed by atoms with van der Waals surface area (Å²) in [6.45, 7) is 7.20. The lowest BCUT2D eigenvalue weighted by atomic mass is 10.1. The Hall–Kier alpha value is -3.29. The molecule has 8 heteroatoms. The van der Waals surface area contributed by atoms with E-state index < -0.39 is 0 Å². The number of fused-ring (bicyclic) bond motifs is 1. The fourth-order valence-corrected chi connectivity index (χ4v) is 3.55. The summed E-state index contributed by atoms with van der Waals surface area (Å²) in [5.41, 5.74) is 1.11. The number of nitrogens with zero attached hydrogens (tertiary/aromatic N) is 3. The first-order valence-corrected chi connectivity index (χ1v) is 10.2. The smallest absolute Gasteiger partial charge is 0.255 e. The molecule has 30 heavy (non-hydrogen) atoms. The van der Waals surface area contributed by atoms with Crippen LogP contribution in [-0.2, 0) is 4.79 Å². The minimum Gasteiger partial charge on any atom is -0.454 e. The Morgan fingerprint density at radius 1 is 1.07 bits per heavy atom. The van der Waals surface area contributed by atoms with Crippen molar-refractivity contribution >= 4 is 23.3 Å². The highest BCUT2D eigenvalue weighted by molar-refractivity contribution is 6.04. The Kier molecular flexibility index (Phi) is 5.74. The zero-order chi connectivity index (χ0) is 21.1. The summed E-state index contributed by atoms with van der Waals surface area (Å²) in [6, 6.07) is 8.82. The van der Waals surface area contributed by atoms with E-state index in [1.165, 1.54) is 0 Å². The van der Waals surface area contributed by atoms with Gasteiger partial charge in [-0.15, -0.1) is 0 Å². The second kappa shape index (κ2) is 8.61. The quantitative estimate of drug-likeness (QED) is 0.816. The van der Waals surface area contributed by atoms with Crippen LogP contribution in [0, 0.1) is 5.92 Å². The Labute approximate surface area is 175 Å². The van der Waals surface area contributed by atoms with Crippen molar-refractivity contribution < 1.29 is 19.1 Å². The number of piperazine rings is 1. The van der Waals surface area contributed by atoms with Crippen LogP contribution < -0.4 is 19.7 Å². The van der Waals surface area contributed by atoms with E-state index in [1.54, 1.807) is 24.4 Å². The molecule has 1 aromatic carbocycles. The van der Waals surface area contributed by atoms with Crippen LogP contribution in [0.25, 0.3) is 0 Å². The molecular formula is C22H26N4O4. The largest absolute Gasteiger partial charge is 0.454 e. The fraction of sp³-hybridized carbons (Fsp3) is 0.409. The van der Waals surface area contributed by atoms with E-state index in [9.17, 15) is 9.59 Å². The first kappa shape index (κ1) is 20.0. The van der Waals surface area contributed by atoms with E-state index in [-0.39, 0.29) is 18.6 Å². The Morgan fingerprint density at radius 3 is 2.53 bits per heavy atom. The second-order valence-corrected chi connectivity index (χ2v) is 7.89. The van der Waals surface area contributed by atoms with Crippen molar-refractivity contribution in [2.75, 3.05) is 43.2 Å². The van der Waals surface area contributed by atoms with Crippen molar-refractivity contribution in [1.82, 2.24) is 9.88 Å². The molecule has 1 fully saturated rings. The van der Waals surface area contributed by atoms with Crippen molar-refractivity contribution in [3.8, 4) is 11.5 Å². The number of pyridine rings is 1.